The molecule has 1 aliphatic rings. The second kappa shape index (κ2) is 5.57. The summed E-state index contributed by atoms with van der Waals surface area (Å²) in [6, 6.07) is 1.99. The average molecular weight is 344 g/mol. The fourth-order valence-electron chi connectivity index (χ4n) is 2.67. The first kappa shape index (κ1) is 15.0. The van der Waals surface area contributed by atoms with Gasteiger partial charge in [-0.25, -0.2) is 0 Å². The number of hydrogen-bond acceptors (Lipinski definition) is 2. The number of likely N-dealkylation sites (tertiary alicyclic amines) is 1. The summed E-state index contributed by atoms with van der Waals surface area (Å²) in [6.45, 7) is 10.7. The number of carbonyl (C=O) groups excluding carboxylic acids is 1. The highest BCUT2D eigenvalue weighted by atomic mass is 79.9. The van der Waals surface area contributed by atoms with Crippen LogP contribution in [0.4, 0.5) is 0 Å². The number of thiophene rings is 1. The summed E-state index contributed by atoms with van der Waals surface area (Å²) in [7, 11) is 0. The van der Waals surface area contributed by atoms with Crippen LogP contribution in [0.2, 0.25) is 0 Å². The molecule has 0 bridgehead atoms. The maximum absolute atomic E-state index is 12.4. The highest BCUT2D eigenvalue weighted by molar-refractivity contribution is 9.11. The van der Waals surface area contributed by atoms with Crippen molar-refractivity contribution in [2.45, 2.75) is 40.5 Å². The lowest BCUT2D eigenvalue weighted by Gasteiger charge is -2.38. The number of nitrogens with zero attached hydrogens (tertiary/aromatic N) is 1. The maximum atomic E-state index is 12.4. The van der Waals surface area contributed by atoms with E-state index in [1.807, 2.05) is 17.9 Å². The molecule has 0 radical (unpaired) electrons. The highest BCUT2D eigenvalue weighted by Crippen LogP contribution is 2.35. The molecule has 0 aliphatic carbocycles. The first-order valence-corrected chi connectivity index (χ1v) is 8.45. The fourth-order valence-corrected chi connectivity index (χ4v) is 4.17. The van der Waals surface area contributed by atoms with Gasteiger partial charge in [0.15, 0.2) is 0 Å². The van der Waals surface area contributed by atoms with Crippen molar-refractivity contribution in [1.82, 2.24) is 4.90 Å². The molecule has 1 saturated heterocycles. The minimum absolute atomic E-state index is 0.200. The van der Waals surface area contributed by atoms with E-state index in [4.69, 9.17) is 0 Å². The zero-order chi connectivity index (χ0) is 14.2. The van der Waals surface area contributed by atoms with E-state index < -0.39 is 0 Å². The Bertz CT molecular complexity index is 447. The third-order valence-corrected chi connectivity index (χ3v) is 6.20. The number of carbonyl (C=O) groups is 1. The van der Waals surface area contributed by atoms with Crippen LogP contribution in [0.25, 0.3) is 0 Å². The molecule has 1 aromatic heterocycles. The van der Waals surface area contributed by atoms with Gasteiger partial charge in [0.05, 0.1) is 8.66 Å². The standard InChI is InChI=1S/C15H22BrNOS/c1-10-9-12(19-13(10)16)14(18)17-7-5-11(6-8-17)15(2,3)4/h9,11H,5-8H2,1-4H3. The molecule has 0 N–H and O–H groups in total. The van der Waals surface area contributed by atoms with Crippen LogP contribution in [-0.4, -0.2) is 23.9 Å². The maximum Gasteiger partial charge on any atom is 0.263 e. The molecule has 0 unspecified atom stereocenters. The van der Waals surface area contributed by atoms with E-state index in [0.717, 1.165) is 46.1 Å². The number of amides is 1. The predicted octanol–water partition coefficient (Wildman–Crippen LogP) is 4.72. The summed E-state index contributed by atoms with van der Waals surface area (Å²) in [5.41, 5.74) is 1.51. The second-order valence-corrected chi connectivity index (χ2v) is 8.87. The van der Waals surface area contributed by atoms with E-state index in [0.29, 0.717) is 5.41 Å². The lowest BCUT2D eigenvalue weighted by Crippen LogP contribution is -2.41. The Hall–Kier alpha value is -0.350. The summed E-state index contributed by atoms with van der Waals surface area (Å²) in [6.07, 6.45) is 2.25. The molecule has 2 rings (SSSR count). The van der Waals surface area contributed by atoms with Gasteiger partial charge < -0.3 is 4.90 Å². The summed E-state index contributed by atoms with van der Waals surface area (Å²) < 4.78 is 1.07. The molecule has 0 saturated carbocycles. The van der Waals surface area contributed by atoms with Crippen LogP contribution in [-0.2, 0) is 0 Å². The first-order chi connectivity index (χ1) is 8.79. The summed E-state index contributed by atoms with van der Waals surface area (Å²) in [5, 5.41) is 0. The molecule has 0 aromatic carbocycles. The lowest BCUT2D eigenvalue weighted by atomic mass is 9.75. The average Bonchev–Trinajstić information content (AvgIpc) is 2.68. The minimum Gasteiger partial charge on any atom is -0.338 e. The van der Waals surface area contributed by atoms with E-state index >= 15 is 0 Å². The van der Waals surface area contributed by atoms with E-state index in [1.165, 1.54) is 0 Å². The molecule has 19 heavy (non-hydrogen) atoms. The van der Waals surface area contributed by atoms with Crippen LogP contribution in [0.1, 0.15) is 48.8 Å². The van der Waals surface area contributed by atoms with Gasteiger partial charge in [0.2, 0.25) is 0 Å². The van der Waals surface area contributed by atoms with Crippen molar-refractivity contribution in [3.63, 3.8) is 0 Å². The third-order valence-electron chi connectivity index (χ3n) is 4.07. The first-order valence-electron chi connectivity index (χ1n) is 6.84. The number of piperidine rings is 1. The molecule has 1 aliphatic heterocycles. The molecule has 2 nitrogen and oxygen atoms in total. The van der Waals surface area contributed by atoms with Crippen molar-refractivity contribution in [3.8, 4) is 0 Å². The molecule has 106 valence electrons. The van der Waals surface area contributed by atoms with Gasteiger partial charge in [0.1, 0.15) is 0 Å². The monoisotopic (exact) mass is 343 g/mol. The smallest absolute Gasteiger partial charge is 0.263 e. The number of rotatable bonds is 1. The van der Waals surface area contributed by atoms with E-state index in [2.05, 4.69) is 36.7 Å². The topological polar surface area (TPSA) is 20.3 Å². The quantitative estimate of drug-likeness (QED) is 0.722. The molecular formula is C15H22BrNOS. The molecule has 1 amide bonds. The van der Waals surface area contributed by atoms with Crippen molar-refractivity contribution in [3.05, 3.63) is 20.3 Å². The van der Waals surface area contributed by atoms with Crippen LogP contribution < -0.4 is 0 Å². The molecular weight excluding hydrogens is 322 g/mol. The van der Waals surface area contributed by atoms with Crippen LogP contribution >= 0.6 is 27.3 Å². The van der Waals surface area contributed by atoms with Crippen molar-refractivity contribution >= 4 is 33.2 Å². The Kier molecular flexibility index (Phi) is 4.41. The summed E-state index contributed by atoms with van der Waals surface area (Å²) in [4.78, 5) is 15.3. The number of hydrogen-bond donors (Lipinski definition) is 0. The Morgan fingerprint density at radius 2 is 1.95 bits per heavy atom. The van der Waals surface area contributed by atoms with E-state index in [-0.39, 0.29) is 5.91 Å². The largest absolute Gasteiger partial charge is 0.338 e. The predicted molar refractivity (Wildman–Crippen MR) is 84.8 cm³/mol. The lowest BCUT2D eigenvalue weighted by molar-refractivity contribution is 0.0613. The van der Waals surface area contributed by atoms with Gasteiger partial charge in [0, 0.05) is 13.1 Å². The minimum atomic E-state index is 0.200. The van der Waals surface area contributed by atoms with Crippen molar-refractivity contribution < 1.29 is 4.79 Å². The van der Waals surface area contributed by atoms with Crippen molar-refractivity contribution in [1.29, 1.82) is 0 Å². The van der Waals surface area contributed by atoms with Crippen LogP contribution in [0.15, 0.2) is 9.85 Å². The van der Waals surface area contributed by atoms with Crippen LogP contribution in [0, 0.1) is 18.3 Å². The zero-order valence-corrected chi connectivity index (χ0v) is 14.5. The molecule has 1 fully saturated rings. The molecule has 2 heterocycles. The molecule has 0 atom stereocenters. The second-order valence-electron chi connectivity index (χ2n) is 6.50. The van der Waals surface area contributed by atoms with E-state index in [9.17, 15) is 4.79 Å². The van der Waals surface area contributed by atoms with Gasteiger partial charge >= 0.3 is 0 Å². The summed E-state index contributed by atoms with van der Waals surface area (Å²) in [5.74, 6) is 0.930. The SMILES string of the molecule is Cc1cc(C(=O)N2CCC(C(C)(C)C)CC2)sc1Br. The van der Waals surface area contributed by atoms with Crippen LogP contribution in [0.5, 0.6) is 0 Å². The van der Waals surface area contributed by atoms with Crippen molar-refractivity contribution in [2.75, 3.05) is 13.1 Å². The fraction of sp³-hybridized carbons (Fsp3) is 0.667. The Morgan fingerprint density at radius 1 is 1.37 bits per heavy atom. The molecule has 4 heteroatoms. The molecule has 1 aromatic rings. The van der Waals surface area contributed by atoms with Gasteiger partial charge in [0.25, 0.3) is 5.91 Å². The summed E-state index contributed by atoms with van der Waals surface area (Å²) >= 11 is 5.04. The molecule has 0 spiro atoms. The third kappa shape index (κ3) is 3.40. The number of halogens is 1. The zero-order valence-electron chi connectivity index (χ0n) is 12.1. The van der Waals surface area contributed by atoms with Crippen molar-refractivity contribution in [2.24, 2.45) is 11.3 Å². The van der Waals surface area contributed by atoms with Gasteiger partial charge in [-0.3, -0.25) is 4.79 Å². The Morgan fingerprint density at radius 3 is 2.37 bits per heavy atom. The number of aryl methyl sites for hydroxylation is 1. The van der Waals surface area contributed by atoms with Gasteiger partial charge in [-0.1, -0.05) is 20.8 Å². The Labute approximate surface area is 128 Å². The van der Waals surface area contributed by atoms with Crippen LogP contribution in [0.3, 0.4) is 0 Å². The Balaban J connectivity index is 2.00. The van der Waals surface area contributed by atoms with E-state index in [1.54, 1.807) is 11.3 Å². The van der Waals surface area contributed by atoms with Gasteiger partial charge in [-0.05, 0) is 58.7 Å². The van der Waals surface area contributed by atoms with Gasteiger partial charge in [-0.2, -0.15) is 0 Å². The van der Waals surface area contributed by atoms with Gasteiger partial charge in [-0.15, -0.1) is 11.3 Å². The highest BCUT2D eigenvalue weighted by Gasteiger charge is 2.31. The normalized spacial score (nSPS) is 17.8.